The van der Waals surface area contributed by atoms with Crippen molar-refractivity contribution in [3.05, 3.63) is 23.8 Å². The Morgan fingerprint density at radius 3 is 2.68 bits per heavy atom. The van der Waals surface area contributed by atoms with Crippen LogP contribution in [0.3, 0.4) is 0 Å². The van der Waals surface area contributed by atoms with E-state index in [0.717, 1.165) is 19.3 Å². The normalized spacial score (nSPS) is 22.8. The van der Waals surface area contributed by atoms with Crippen molar-refractivity contribution in [3.63, 3.8) is 0 Å². The van der Waals surface area contributed by atoms with Crippen LogP contribution >= 0.6 is 0 Å². The van der Waals surface area contributed by atoms with Gasteiger partial charge in [0.2, 0.25) is 0 Å². The summed E-state index contributed by atoms with van der Waals surface area (Å²) in [6, 6.07) is 4.83. The third-order valence-electron chi connectivity index (χ3n) is 3.73. The molecular weight excluding hydrogens is 244 g/mol. The first kappa shape index (κ1) is 13.7. The number of carboxylic acids is 1. The van der Waals surface area contributed by atoms with E-state index in [-0.39, 0.29) is 11.7 Å². The number of aromatic carboxylic acids is 1. The largest absolute Gasteiger partial charge is 0.497 e. The van der Waals surface area contributed by atoms with Gasteiger partial charge in [-0.3, -0.25) is 0 Å². The zero-order chi connectivity index (χ0) is 13.8. The van der Waals surface area contributed by atoms with Crippen molar-refractivity contribution in [3.8, 4) is 11.5 Å². The minimum Gasteiger partial charge on any atom is -0.497 e. The van der Waals surface area contributed by atoms with Crippen LogP contribution in [0.15, 0.2) is 18.2 Å². The summed E-state index contributed by atoms with van der Waals surface area (Å²) in [4.78, 5) is 11.2. The molecule has 2 unspecified atom stereocenters. The molecule has 1 aromatic rings. The van der Waals surface area contributed by atoms with Crippen molar-refractivity contribution in [1.82, 2.24) is 0 Å². The summed E-state index contributed by atoms with van der Waals surface area (Å²) in [6.45, 7) is 2.16. The van der Waals surface area contributed by atoms with Gasteiger partial charge in [0.05, 0.1) is 7.11 Å². The second kappa shape index (κ2) is 5.95. The fourth-order valence-electron chi connectivity index (χ4n) is 2.52. The molecule has 0 radical (unpaired) electrons. The highest BCUT2D eigenvalue weighted by Crippen LogP contribution is 2.31. The van der Waals surface area contributed by atoms with Crippen LogP contribution in [0.2, 0.25) is 0 Å². The van der Waals surface area contributed by atoms with Crippen LogP contribution in [0.25, 0.3) is 0 Å². The molecule has 1 aromatic carbocycles. The number of carboxylic acid groups (broad SMARTS) is 1. The second-order valence-corrected chi connectivity index (χ2v) is 5.09. The fourth-order valence-corrected chi connectivity index (χ4v) is 2.52. The molecule has 0 bridgehead atoms. The van der Waals surface area contributed by atoms with E-state index in [2.05, 4.69) is 6.92 Å². The smallest absolute Gasteiger partial charge is 0.339 e. The lowest BCUT2D eigenvalue weighted by Crippen LogP contribution is -2.28. The predicted molar refractivity (Wildman–Crippen MR) is 72.0 cm³/mol. The Labute approximate surface area is 113 Å². The molecule has 4 nitrogen and oxygen atoms in total. The Balaban J connectivity index is 2.23. The van der Waals surface area contributed by atoms with Crippen molar-refractivity contribution < 1.29 is 19.4 Å². The molecule has 1 aliphatic rings. The van der Waals surface area contributed by atoms with Crippen LogP contribution in [0.1, 0.15) is 43.0 Å². The Hall–Kier alpha value is -1.71. The van der Waals surface area contributed by atoms with Crippen LogP contribution in [0, 0.1) is 5.92 Å². The molecule has 1 fully saturated rings. The summed E-state index contributed by atoms with van der Waals surface area (Å²) in [7, 11) is 1.56. The summed E-state index contributed by atoms with van der Waals surface area (Å²) in [5, 5.41) is 9.20. The molecule has 2 rings (SSSR count). The number of ether oxygens (including phenoxy) is 2. The van der Waals surface area contributed by atoms with Crippen molar-refractivity contribution >= 4 is 5.97 Å². The molecule has 4 heteroatoms. The molecule has 2 atom stereocenters. The Morgan fingerprint density at radius 1 is 1.32 bits per heavy atom. The number of methoxy groups -OCH3 is 1. The van der Waals surface area contributed by atoms with E-state index in [1.807, 2.05) is 0 Å². The van der Waals surface area contributed by atoms with Crippen molar-refractivity contribution in [2.75, 3.05) is 7.11 Å². The lowest BCUT2D eigenvalue weighted by Gasteiger charge is -2.29. The molecule has 0 amide bonds. The van der Waals surface area contributed by atoms with Crippen LogP contribution in [0.4, 0.5) is 0 Å². The van der Waals surface area contributed by atoms with E-state index in [1.54, 1.807) is 19.2 Å². The predicted octanol–water partition coefficient (Wildman–Crippen LogP) is 3.35. The minimum absolute atomic E-state index is 0.0963. The molecule has 19 heavy (non-hydrogen) atoms. The van der Waals surface area contributed by atoms with Crippen molar-refractivity contribution in [2.24, 2.45) is 5.92 Å². The fraction of sp³-hybridized carbons (Fsp3) is 0.533. The minimum atomic E-state index is -0.971. The van der Waals surface area contributed by atoms with Gasteiger partial charge in [-0.25, -0.2) is 4.79 Å². The molecule has 1 saturated carbocycles. The molecular formula is C15H20O4. The molecule has 104 valence electrons. The van der Waals surface area contributed by atoms with Crippen molar-refractivity contribution in [1.29, 1.82) is 0 Å². The quantitative estimate of drug-likeness (QED) is 0.906. The van der Waals surface area contributed by atoms with Gasteiger partial charge in [0.1, 0.15) is 23.2 Å². The monoisotopic (exact) mass is 264 g/mol. The topological polar surface area (TPSA) is 55.8 Å². The van der Waals surface area contributed by atoms with Crippen LogP contribution in [-0.4, -0.2) is 24.3 Å². The van der Waals surface area contributed by atoms with E-state index in [0.29, 0.717) is 17.4 Å². The number of hydrogen-bond donors (Lipinski definition) is 1. The average molecular weight is 264 g/mol. The Morgan fingerprint density at radius 2 is 2.05 bits per heavy atom. The molecule has 1 aliphatic carbocycles. The molecule has 0 heterocycles. The Bertz CT molecular complexity index is 455. The highest BCUT2D eigenvalue weighted by atomic mass is 16.5. The first-order chi connectivity index (χ1) is 9.11. The zero-order valence-corrected chi connectivity index (χ0v) is 11.4. The summed E-state index contributed by atoms with van der Waals surface area (Å²) in [6.07, 6.45) is 4.58. The third kappa shape index (κ3) is 3.19. The molecule has 0 aliphatic heterocycles. The average Bonchev–Trinajstić information content (AvgIpc) is 2.41. The number of rotatable bonds is 4. The van der Waals surface area contributed by atoms with Gasteiger partial charge in [-0.15, -0.1) is 0 Å². The highest BCUT2D eigenvalue weighted by Gasteiger charge is 2.25. The summed E-state index contributed by atoms with van der Waals surface area (Å²) in [5.41, 5.74) is 0.193. The lowest BCUT2D eigenvalue weighted by atomic mass is 9.88. The van der Waals surface area contributed by atoms with Gasteiger partial charge in [-0.05, 0) is 37.3 Å². The van der Waals surface area contributed by atoms with Crippen LogP contribution < -0.4 is 9.47 Å². The SMILES string of the molecule is COc1ccc(C(=O)O)c(OC2CCCCC2C)c1. The number of carbonyl (C=O) groups is 1. The highest BCUT2D eigenvalue weighted by molar-refractivity contribution is 5.91. The maximum atomic E-state index is 11.2. The number of hydrogen-bond acceptors (Lipinski definition) is 3. The number of benzene rings is 1. The van der Waals surface area contributed by atoms with Gasteiger partial charge in [-0.2, -0.15) is 0 Å². The van der Waals surface area contributed by atoms with Gasteiger partial charge in [-0.1, -0.05) is 13.3 Å². The van der Waals surface area contributed by atoms with Crippen LogP contribution in [0.5, 0.6) is 11.5 Å². The van der Waals surface area contributed by atoms with E-state index in [1.165, 1.54) is 12.5 Å². The van der Waals surface area contributed by atoms with Crippen molar-refractivity contribution in [2.45, 2.75) is 38.7 Å². The standard InChI is InChI=1S/C15H20O4/c1-10-5-3-4-6-13(10)19-14-9-11(18-2)7-8-12(14)15(16)17/h7-10,13H,3-6H2,1-2H3,(H,16,17). The molecule has 0 saturated heterocycles. The van der Waals surface area contributed by atoms with E-state index in [9.17, 15) is 9.90 Å². The van der Waals surface area contributed by atoms with E-state index < -0.39 is 5.97 Å². The zero-order valence-electron chi connectivity index (χ0n) is 11.4. The van der Waals surface area contributed by atoms with Gasteiger partial charge < -0.3 is 14.6 Å². The summed E-state index contributed by atoms with van der Waals surface area (Å²) >= 11 is 0. The van der Waals surface area contributed by atoms with Gasteiger partial charge in [0, 0.05) is 6.07 Å². The Kier molecular flexibility index (Phi) is 4.30. The first-order valence-corrected chi connectivity index (χ1v) is 6.70. The first-order valence-electron chi connectivity index (χ1n) is 6.70. The van der Waals surface area contributed by atoms with Crippen LogP contribution in [-0.2, 0) is 0 Å². The maximum Gasteiger partial charge on any atom is 0.339 e. The summed E-state index contributed by atoms with van der Waals surface area (Å²) < 4.78 is 11.1. The van der Waals surface area contributed by atoms with Gasteiger partial charge in [0.25, 0.3) is 0 Å². The summed E-state index contributed by atoms with van der Waals surface area (Å²) in [5.74, 6) is 0.511. The van der Waals surface area contributed by atoms with E-state index in [4.69, 9.17) is 9.47 Å². The second-order valence-electron chi connectivity index (χ2n) is 5.09. The molecule has 1 N–H and O–H groups in total. The molecule has 0 aromatic heterocycles. The third-order valence-corrected chi connectivity index (χ3v) is 3.73. The van der Waals surface area contributed by atoms with E-state index >= 15 is 0 Å². The molecule has 0 spiro atoms. The van der Waals surface area contributed by atoms with Gasteiger partial charge >= 0.3 is 5.97 Å². The van der Waals surface area contributed by atoms with Gasteiger partial charge in [0.15, 0.2) is 0 Å². The maximum absolute atomic E-state index is 11.2. The lowest BCUT2D eigenvalue weighted by molar-refractivity contribution is 0.0673.